The van der Waals surface area contributed by atoms with Crippen LogP contribution in [0.3, 0.4) is 0 Å². The van der Waals surface area contributed by atoms with Crippen molar-refractivity contribution in [3.8, 4) is 0 Å². The number of aryl methyl sites for hydroxylation is 2. The minimum atomic E-state index is 0.898. The molecule has 2 aromatic heterocycles. The van der Waals surface area contributed by atoms with Gasteiger partial charge in [-0.05, 0) is 13.2 Å². The number of fused-ring (bicyclic) bond motifs is 1. The van der Waals surface area contributed by atoms with E-state index in [1.165, 1.54) is 0 Å². The van der Waals surface area contributed by atoms with Gasteiger partial charge in [-0.1, -0.05) is 11.8 Å². The number of thioether (sulfide) groups is 1. The third kappa shape index (κ3) is 1.19. The largest absolute Gasteiger partial charge is 0.307 e. The Labute approximate surface area is 80.4 Å². The predicted molar refractivity (Wildman–Crippen MR) is 52.8 cm³/mol. The van der Waals surface area contributed by atoms with Crippen molar-refractivity contribution in [2.75, 3.05) is 6.26 Å². The lowest BCUT2D eigenvalue weighted by atomic mass is 10.4. The van der Waals surface area contributed by atoms with Gasteiger partial charge in [0.2, 0.25) is 0 Å². The van der Waals surface area contributed by atoms with Gasteiger partial charge in [-0.2, -0.15) is 0 Å². The molecule has 4 nitrogen and oxygen atoms in total. The van der Waals surface area contributed by atoms with Crippen LogP contribution in [0.25, 0.3) is 11.2 Å². The van der Waals surface area contributed by atoms with Crippen molar-refractivity contribution < 1.29 is 0 Å². The molecule has 2 heterocycles. The van der Waals surface area contributed by atoms with Crippen LogP contribution in [0.5, 0.6) is 0 Å². The van der Waals surface area contributed by atoms with Crippen LogP contribution in [0.1, 0.15) is 5.69 Å². The summed E-state index contributed by atoms with van der Waals surface area (Å²) in [4.78, 5) is 12.7. The standard InChI is InChI=1S/C8H10N4S/c1-5-6-7(10-4-9-5)12(2)8(11-6)13-3/h4H,1-3H3. The highest BCUT2D eigenvalue weighted by Crippen LogP contribution is 2.19. The van der Waals surface area contributed by atoms with E-state index in [0.29, 0.717) is 0 Å². The van der Waals surface area contributed by atoms with Gasteiger partial charge >= 0.3 is 0 Å². The molecule has 0 fully saturated rings. The lowest BCUT2D eigenvalue weighted by Crippen LogP contribution is -1.92. The Morgan fingerprint density at radius 3 is 2.77 bits per heavy atom. The minimum Gasteiger partial charge on any atom is -0.307 e. The fraction of sp³-hybridized carbons (Fsp3) is 0.375. The van der Waals surface area contributed by atoms with Gasteiger partial charge in [-0.3, -0.25) is 0 Å². The van der Waals surface area contributed by atoms with Crippen LogP contribution in [-0.4, -0.2) is 25.8 Å². The molecule has 0 saturated heterocycles. The summed E-state index contributed by atoms with van der Waals surface area (Å²) >= 11 is 1.61. The van der Waals surface area contributed by atoms with E-state index in [0.717, 1.165) is 22.0 Å². The summed E-state index contributed by atoms with van der Waals surface area (Å²) in [5.41, 5.74) is 2.73. The first kappa shape index (κ1) is 8.50. The Morgan fingerprint density at radius 1 is 1.38 bits per heavy atom. The van der Waals surface area contributed by atoms with Gasteiger partial charge in [-0.25, -0.2) is 15.0 Å². The molecule has 0 unspecified atom stereocenters. The molecule has 0 amide bonds. The third-order valence-corrected chi connectivity index (χ3v) is 2.71. The van der Waals surface area contributed by atoms with Crippen LogP contribution in [0, 0.1) is 6.92 Å². The van der Waals surface area contributed by atoms with E-state index in [4.69, 9.17) is 0 Å². The van der Waals surface area contributed by atoms with Crippen molar-refractivity contribution in [1.29, 1.82) is 0 Å². The zero-order valence-electron chi connectivity index (χ0n) is 7.77. The first-order valence-electron chi connectivity index (χ1n) is 3.92. The summed E-state index contributed by atoms with van der Waals surface area (Å²) in [6.07, 6.45) is 3.58. The Kier molecular flexibility index (Phi) is 1.95. The van der Waals surface area contributed by atoms with E-state index in [2.05, 4.69) is 15.0 Å². The molecule has 0 aliphatic rings. The highest BCUT2D eigenvalue weighted by molar-refractivity contribution is 7.98. The average Bonchev–Trinajstić information content (AvgIpc) is 2.45. The number of hydrogen-bond donors (Lipinski definition) is 0. The fourth-order valence-electron chi connectivity index (χ4n) is 1.27. The van der Waals surface area contributed by atoms with E-state index in [1.54, 1.807) is 18.1 Å². The molecule has 0 N–H and O–H groups in total. The number of nitrogens with zero attached hydrogens (tertiary/aromatic N) is 4. The molecule has 2 aromatic rings. The van der Waals surface area contributed by atoms with Gasteiger partial charge in [0.05, 0.1) is 5.69 Å². The summed E-state index contributed by atoms with van der Waals surface area (Å²) in [5, 5.41) is 0.971. The Morgan fingerprint density at radius 2 is 2.15 bits per heavy atom. The molecule has 0 aliphatic carbocycles. The summed E-state index contributed by atoms with van der Waals surface area (Å²) in [6.45, 7) is 1.95. The van der Waals surface area contributed by atoms with Gasteiger partial charge in [0, 0.05) is 7.05 Å². The minimum absolute atomic E-state index is 0.898. The quantitative estimate of drug-likeness (QED) is 0.643. The van der Waals surface area contributed by atoms with Crippen molar-refractivity contribution in [2.45, 2.75) is 12.1 Å². The Balaban J connectivity index is 2.83. The number of rotatable bonds is 1. The number of imidazole rings is 1. The van der Waals surface area contributed by atoms with Crippen molar-refractivity contribution in [3.63, 3.8) is 0 Å². The molecule has 2 rings (SSSR count). The molecule has 0 atom stereocenters. The Bertz CT molecular complexity index is 449. The number of hydrogen-bond acceptors (Lipinski definition) is 4. The molecule has 0 aromatic carbocycles. The van der Waals surface area contributed by atoms with Gasteiger partial charge in [0.25, 0.3) is 0 Å². The highest BCUT2D eigenvalue weighted by Gasteiger charge is 2.09. The van der Waals surface area contributed by atoms with E-state index >= 15 is 0 Å². The molecule has 0 saturated carbocycles. The molecule has 0 aliphatic heterocycles. The topological polar surface area (TPSA) is 43.6 Å². The second-order valence-corrected chi connectivity index (χ2v) is 3.56. The van der Waals surface area contributed by atoms with Crippen molar-refractivity contribution in [1.82, 2.24) is 19.5 Å². The first-order valence-corrected chi connectivity index (χ1v) is 5.14. The lowest BCUT2D eigenvalue weighted by molar-refractivity contribution is 0.807. The van der Waals surface area contributed by atoms with Crippen LogP contribution in [0.2, 0.25) is 0 Å². The molecule has 0 spiro atoms. The maximum atomic E-state index is 4.43. The van der Waals surface area contributed by atoms with Gasteiger partial charge in [0.15, 0.2) is 10.8 Å². The molecular weight excluding hydrogens is 184 g/mol. The summed E-state index contributed by atoms with van der Waals surface area (Å²) in [5.74, 6) is 0. The monoisotopic (exact) mass is 194 g/mol. The second kappa shape index (κ2) is 2.99. The number of aromatic nitrogens is 4. The molecule has 13 heavy (non-hydrogen) atoms. The SMILES string of the molecule is CSc1nc2c(C)ncnc2n1C. The molecule has 5 heteroatoms. The van der Waals surface area contributed by atoms with Crippen LogP contribution >= 0.6 is 11.8 Å². The van der Waals surface area contributed by atoms with Crippen molar-refractivity contribution in [2.24, 2.45) is 7.05 Å². The Hall–Kier alpha value is -1.10. The van der Waals surface area contributed by atoms with Gasteiger partial charge in [-0.15, -0.1) is 0 Å². The molecule has 0 bridgehead atoms. The summed E-state index contributed by atoms with van der Waals surface area (Å²) < 4.78 is 1.98. The van der Waals surface area contributed by atoms with E-state index < -0.39 is 0 Å². The first-order chi connectivity index (χ1) is 6.24. The van der Waals surface area contributed by atoms with E-state index in [1.807, 2.05) is 24.8 Å². The summed E-state index contributed by atoms with van der Waals surface area (Å²) in [6, 6.07) is 0. The molecule has 68 valence electrons. The summed E-state index contributed by atoms with van der Waals surface area (Å²) in [7, 11) is 1.97. The maximum absolute atomic E-state index is 4.43. The van der Waals surface area contributed by atoms with E-state index in [-0.39, 0.29) is 0 Å². The van der Waals surface area contributed by atoms with Gasteiger partial charge in [0.1, 0.15) is 11.8 Å². The van der Waals surface area contributed by atoms with Crippen molar-refractivity contribution in [3.05, 3.63) is 12.0 Å². The van der Waals surface area contributed by atoms with Gasteiger partial charge < -0.3 is 4.57 Å². The average molecular weight is 194 g/mol. The smallest absolute Gasteiger partial charge is 0.169 e. The van der Waals surface area contributed by atoms with Crippen LogP contribution in [0.15, 0.2) is 11.5 Å². The van der Waals surface area contributed by atoms with Crippen LogP contribution in [0.4, 0.5) is 0 Å². The maximum Gasteiger partial charge on any atom is 0.169 e. The van der Waals surface area contributed by atoms with Crippen LogP contribution < -0.4 is 0 Å². The predicted octanol–water partition coefficient (Wildman–Crippen LogP) is 1.39. The fourth-order valence-corrected chi connectivity index (χ4v) is 1.82. The lowest BCUT2D eigenvalue weighted by Gasteiger charge is -1.95. The molecule has 0 radical (unpaired) electrons. The zero-order valence-corrected chi connectivity index (χ0v) is 8.59. The zero-order chi connectivity index (χ0) is 9.42. The molecular formula is C8H10N4S. The third-order valence-electron chi connectivity index (χ3n) is 1.98. The van der Waals surface area contributed by atoms with Crippen molar-refractivity contribution >= 4 is 22.9 Å². The normalized spacial score (nSPS) is 11.0. The second-order valence-electron chi connectivity index (χ2n) is 2.79. The highest BCUT2D eigenvalue weighted by atomic mass is 32.2. The van der Waals surface area contributed by atoms with E-state index in [9.17, 15) is 0 Å². The van der Waals surface area contributed by atoms with Crippen LogP contribution in [-0.2, 0) is 7.05 Å².